The van der Waals surface area contributed by atoms with Crippen LogP contribution >= 0.6 is 11.3 Å². The molecule has 1 aromatic heterocycles. The summed E-state index contributed by atoms with van der Waals surface area (Å²) in [6, 6.07) is 3.07. The summed E-state index contributed by atoms with van der Waals surface area (Å²) >= 11 is 1.57. The van der Waals surface area contributed by atoms with Gasteiger partial charge in [0.15, 0.2) is 0 Å². The highest BCUT2D eigenvalue weighted by atomic mass is 32.1. The van der Waals surface area contributed by atoms with Crippen molar-refractivity contribution in [3.8, 4) is 0 Å². The van der Waals surface area contributed by atoms with Crippen LogP contribution in [0.15, 0.2) is 23.7 Å². The van der Waals surface area contributed by atoms with E-state index in [4.69, 9.17) is 5.73 Å². The summed E-state index contributed by atoms with van der Waals surface area (Å²) in [5, 5.41) is 6.20. The van der Waals surface area contributed by atoms with E-state index in [0.29, 0.717) is 11.3 Å². The monoisotopic (exact) mass is 265 g/mol. The average Bonchev–Trinajstić information content (AvgIpc) is 2.79. The third-order valence-electron chi connectivity index (χ3n) is 2.74. The number of nitrogens with zero attached hydrogens (tertiary/aromatic N) is 1. The van der Waals surface area contributed by atoms with Gasteiger partial charge in [-0.05, 0) is 38.5 Å². The summed E-state index contributed by atoms with van der Waals surface area (Å²) in [6.07, 6.45) is 1.77. The third kappa shape index (κ3) is 2.46. The van der Waals surface area contributed by atoms with Crippen molar-refractivity contribution in [1.29, 1.82) is 0 Å². The minimum atomic E-state index is -0.341. The van der Waals surface area contributed by atoms with Gasteiger partial charge in [-0.25, -0.2) is 9.37 Å². The molecule has 0 amide bonds. The van der Waals surface area contributed by atoms with Crippen molar-refractivity contribution >= 4 is 22.7 Å². The Kier molecular flexibility index (Phi) is 3.26. The van der Waals surface area contributed by atoms with Gasteiger partial charge in [0, 0.05) is 11.6 Å². The second-order valence-electron chi connectivity index (χ2n) is 4.78. The molecule has 0 saturated carbocycles. The quantitative estimate of drug-likeness (QED) is 0.835. The second kappa shape index (κ2) is 4.57. The molecule has 0 atom stereocenters. The molecule has 0 aliphatic heterocycles. The van der Waals surface area contributed by atoms with Gasteiger partial charge in [-0.3, -0.25) is 0 Å². The second-order valence-corrected chi connectivity index (χ2v) is 5.67. The molecule has 96 valence electrons. The average molecular weight is 265 g/mol. The molecule has 2 aromatic rings. The van der Waals surface area contributed by atoms with Crippen LogP contribution in [0.5, 0.6) is 0 Å². The summed E-state index contributed by atoms with van der Waals surface area (Å²) in [7, 11) is 0. The van der Waals surface area contributed by atoms with Gasteiger partial charge in [0.05, 0.1) is 16.9 Å². The third-order valence-corrected chi connectivity index (χ3v) is 3.84. The molecular formula is C13H16FN3S. The van der Waals surface area contributed by atoms with Gasteiger partial charge in [-0.15, -0.1) is 11.3 Å². The van der Waals surface area contributed by atoms with E-state index in [2.05, 4.69) is 10.3 Å². The van der Waals surface area contributed by atoms with E-state index in [1.54, 1.807) is 30.5 Å². The van der Waals surface area contributed by atoms with Crippen molar-refractivity contribution < 1.29 is 4.39 Å². The van der Waals surface area contributed by atoms with E-state index in [0.717, 1.165) is 10.7 Å². The fourth-order valence-electron chi connectivity index (χ4n) is 1.73. The Morgan fingerprint density at radius 3 is 2.72 bits per heavy atom. The Hall–Kier alpha value is -1.62. The lowest BCUT2D eigenvalue weighted by molar-refractivity contribution is 0.601. The molecule has 0 bridgehead atoms. The molecule has 2 rings (SSSR count). The molecule has 0 aliphatic rings. The molecule has 18 heavy (non-hydrogen) atoms. The number of benzene rings is 1. The Balaban J connectivity index is 2.32. The molecule has 1 aromatic carbocycles. The van der Waals surface area contributed by atoms with Crippen molar-refractivity contribution in [2.24, 2.45) is 0 Å². The van der Waals surface area contributed by atoms with Crippen LogP contribution in [0.25, 0.3) is 0 Å². The summed E-state index contributed by atoms with van der Waals surface area (Å²) in [6.45, 7) is 5.75. The Labute approximate surface area is 110 Å². The number of thiazole rings is 1. The van der Waals surface area contributed by atoms with Crippen molar-refractivity contribution in [3.05, 3.63) is 40.1 Å². The fraction of sp³-hybridized carbons (Fsp3) is 0.308. The predicted molar refractivity (Wildman–Crippen MR) is 74.3 cm³/mol. The maximum Gasteiger partial charge on any atom is 0.128 e. The van der Waals surface area contributed by atoms with E-state index in [1.807, 2.05) is 19.2 Å². The molecule has 3 nitrogen and oxygen atoms in total. The first kappa shape index (κ1) is 12.8. The number of rotatable bonds is 3. The van der Waals surface area contributed by atoms with E-state index in [1.165, 1.54) is 6.07 Å². The van der Waals surface area contributed by atoms with Crippen LogP contribution < -0.4 is 11.1 Å². The molecule has 0 aliphatic carbocycles. The largest absolute Gasteiger partial charge is 0.397 e. The molecule has 0 radical (unpaired) electrons. The van der Waals surface area contributed by atoms with Crippen LogP contribution in [0, 0.1) is 12.7 Å². The zero-order chi connectivity index (χ0) is 13.3. The molecular weight excluding hydrogens is 249 g/mol. The zero-order valence-corrected chi connectivity index (χ0v) is 11.4. The van der Waals surface area contributed by atoms with Crippen LogP contribution in [0.2, 0.25) is 0 Å². The number of hydrogen-bond donors (Lipinski definition) is 2. The topological polar surface area (TPSA) is 50.9 Å². The highest BCUT2D eigenvalue weighted by Crippen LogP contribution is 2.31. The van der Waals surface area contributed by atoms with Crippen molar-refractivity contribution in [3.63, 3.8) is 0 Å². The highest BCUT2D eigenvalue weighted by Gasteiger charge is 2.24. The van der Waals surface area contributed by atoms with Gasteiger partial charge >= 0.3 is 0 Å². The van der Waals surface area contributed by atoms with Crippen molar-refractivity contribution in [2.45, 2.75) is 26.3 Å². The summed E-state index contributed by atoms with van der Waals surface area (Å²) in [5.74, 6) is -0.287. The molecule has 0 spiro atoms. The van der Waals surface area contributed by atoms with Crippen molar-refractivity contribution in [2.75, 3.05) is 11.1 Å². The standard InChI is InChI=1S/C13H16FN3S/c1-8-6-11(10(15)7-9(8)14)17-13(2,3)12-16-4-5-18-12/h4-7,17H,15H2,1-3H3. The lowest BCUT2D eigenvalue weighted by atomic mass is 10.0. The maximum absolute atomic E-state index is 13.3. The first-order valence-electron chi connectivity index (χ1n) is 5.64. The summed E-state index contributed by atoms with van der Waals surface area (Å²) < 4.78 is 13.3. The smallest absolute Gasteiger partial charge is 0.128 e. The zero-order valence-electron chi connectivity index (χ0n) is 10.6. The van der Waals surface area contributed by atoms with Gasteiger partial charge in [0.1, 0.15) is 10.8 Å². The Bertz CT molecular complexity index is 550. The van der Waals surface area contributed by atoms with E-state index < -0.39 is 0 Å². The van der Waals surface area contributed by atoms with Gasteiger partial charge in [0.25, 0.3) is 0 Å². The summed E-state index contributed by atoms with van der Waals surface area (Å²) in [5.41, 5.74) is 7.20. The fourth-order valence-corrected chi connectivity index (χ4v) is 2.45. The molecule has 5 heteroatoms. The number of aromatic nitrogens is 1. The first-order chi connectivity index (χ1) is 8.40. The minimum Gasteiger partial charge on any atom is -0.397 e. The molecule has 0 saturated heterocycles. The summed E-state index contributed by atoms with van der Waals surface area (Å²) in [4.78, 5) is 4.29. The van der Waals surface area contributed by atoms with Crippen LogP contribution in [0.4, 0.5) is 15.8 Å². The molecule has 3 N–H and O–H groups in total. The van der Waals surface area contributed by atoms with Gasteiger partial charge < -0.3 is 11.1 Å². The SMILES string of the molecule is Cc1cc(NC(C)(C)c2nccs2)c(N)cc1F. The Morgan fingerprint density at radius 2 is 2.11 bits per heavy atom. The van der Waals surface area contributed by atoms with E-state index in [9.17, 15) is 4.39 Å². The van der Waals surface area contributed by atoms with Crippen molar-refractivity contribution in [1.82, 2.24) is 4.98 Å². The number of nitrogens with one attached hydrogen (secondary N) is 1. The number of nitrogens with two attached hydrogens (primary N) is 1. The van der Waals surface area contributed by atoms with Gasteiger partial charge in [-0.1, -0.05) is 0 Å². The highest BCUT2D eigenvalue weighted by molar-refractivity contribution is 7.09. The van der Waals surface area contributed by atoms with Crippen LogP contribution in [0.1, 0.15) is 24.4 Å². The number of aryl methyl sites for hydroxylation is 1. The number of nitrogen functional groups attached to an aromatic ring is 1. The Morgan fingerprint density at radius 1 is 1.39 bits per heavy atom. The van der Waals surface area contributed by atoms with Crippen LogP contribution in [-0.2, 0) is 5.54 Å². The minimum absolute atomic E-state index is 0.287. The number of halogens is 1. The normalized spacial score (nSPS) is 11.6. The van der Waals surface area contributed by atoms with Crippen LogP contribution in [0.3, 0.4) is 0 Å². The molecule has 0 unspecified atom stereocenters. The van der Waals surface area contributed by atoms with E-state index in [-0.39, 0.29) is 11.4 Å². The number of hydrogen-bond acceptors (Lipinski definition) is 4. The molecule has 1 heterocycles. The van der Waals surface area contributed by atoms with Gasteiger partial charge in [0.2, 0.25) is 0 Å². The first-order valence-corrected chi connectivity index (χ1v) is 6.52. The maximum atomic E-state index is 13.3. The number of anilines is 2. The van der Waals surface area contributed by atoms with Gasteiger partial charge in [-0.2, -0.15) is 0 Å². The predicted octanol–water partition coefficient (Wildman–Crippen LogP) is 3.52. The van der Waals surface area contributed by atoms with E-state index >= 15 is 0 Å². The molecule has 0 fully saturated rings. The van der Waals surface area contributed by atoms with Crippen LogP contribution in [-0.4, -0.2) is 4.98 Å². The lowest BCUT2D eigenvalue weighted by Gasteiger charge is -2.26. The lowest BCUT2D eigenvalue weighted by Crippen LogP contribution is -2.28.